The van der Waals surface area contributed by atoms with Gasteiger partial charge in [-0.25, -0.2) is 0 Å². The van der Waals surface area contributed by atoms with Gasteiger partial charge < -0.3 is 5.11 Å². The second-order valence-corrected chi connectivity index (χ2v) is 5.18. The molecule has 2 fully saturated rings. The van der Waals surface area contributed by atoms with E-state index >= 15 is 0 Å². The van der Waals surface area contributed by atoms with E-state index in [1.807, 2.05) is 0 Å². The predicted octanol–water partition coefficient (Wildman–Crippen LogP) is 2.20. The van der Waals surface area contributed by atoms with Crippen molar-refractivity contribution in [2.24, 2.45) is 5.92 Å². The van der Waals surface area contributed by atoms with Gasteiger partial charge in [-0.3, -0.25) is 4.90 Å². The van der Waals surface area contributed by atoms with Crippen LogP contribution in [0.4, 0.5) is 0 Å². The number of hydrogen-bond donors (Lipinski definition) is 1. The number of rotatable bonds is 2. The summed E-state index contributed by atoms with van der Waals surface area (Å²) < 4.78 is 0. The molecule has 0 radical (unpaired) electrons. The molecule has 0 amide bonds. The molecule has 16 heavy (non-hydrogen) atoms. The first-order valence-corrected chi connectivity index (χ1v) is 6.26. The second-order valence-electron chi connectivity index (χ2n) is 5.18. The minimum absolute atomic E-state index is 0.0776. The normalized spacial score (nSPS) is 35.5. The number of aliphatic hydroxyl groups is 1. The van der Waals surface area contributed by atoms with E-state index in [-0.39, 0.29) is 6.10 Å². The minimum atomic E-state index is -0.0776. The van der Waals surface area contributed by atoms with Crippen molar-refractivity contribution in [3.63, 3.8) is 0 Å². The molecule has 2 nitrogen and oxygen atoms in total. The SMILES string of the molecule is C[C@@H](c1ccccc1)N1CC2CC[C@@H]1C2O. The van der Waals surface area contributed by atoms with Gasteiger partial charge in [-0.2, -0.15) is 0 Å². The molecule has 1 aliphatic carbocycles. The van der Waals surface area contributed by atoms with Gasteiger partial charge in [0.25, 0.3) is 0 Å². The van der Waals surface area contributed by atoms with Gasteiger partial charge >= 0.3 is 0 Å². The molecule has 1 aromatic carbocycles. The van der Waals surface area contributed by atoms with Gasteiger partial charge in [-0.05, 0) is 31.2 Å². The van der Waals surface area contributed by atoms with Crippen LogP contribution in [0.25, 0.3) is 0 Å². The third-order valence-electron chi connectivity index (χ3n) is 4.36. The molecule has 1 heterocycles. The first kappa shape index (κ1) is 10.3. The number of hydrogen-bond acceptors (Lipinski definition) is 2. The van der Waals surface area contributed by atoms with Crippen LogP contribution < -0.4 is 0 Å². The fourth-order valence-electron chi connectivity index (χ4n) is 3.38. The molecule has 1 saturated carbocycles. The molecule has 1 saturated heterocycles. The van der Waals surface area contributed by atoms with Crippen molar-refractivity contribution >= 4 is 0 Å². The largest absolute Gasteiger partial charge is 0.391 e. The summed E-state index contributed by atoms with van der Waals surface area (Å²) >= 11 is 0. The van der Waals surface area contributed by atoms with E-state index in [0.717, 1.165) is 6.54 Å². The summed E-state index contributed by atoms with van der Waals surface area (Å²) in [5.41, 5.74) is 1.36. The van der Waals surface area contributed by atoms with Gasteiger partial charge in [0.05, 0.1) is 6.10 Å². The predicted molar refractivity (Wildman–Crippen MR) is 64.1 cm³/mol. The highest BCUT2D eigenvalue weighted by Gasteiger charge is 2.47. The van der Waals surface area contributed by atoms with Crippen molar-refractivity contribution in [2.45, 2.75) is 38.0 Å². The van der Waals surface area contributed by atoms with Crippen LogP contribution in [0.2, 0.25) is 0 Å². The molecule has 0 aromatic heterocycles. The van der Waals surface area contributed by atoms with Crippen molar-refractivity contribution in [1.82, 2.24) is 4.90 Å². The van der Waals surface area contributed by atoms with E-state index in [4.69, 9.17) is 0 Å². The second kappa shape index (κ2) is 3.86. The molecule has 2 unspecified atom stereocenters. The lowest BCUT2D eigenvalue weighted by atomic mass is 10.0. The van der Waals surface area contributed by atoms with Crippen molar-refractivity contribution in [1.29, 1.82) is 0 Å². The van der Waals surface area contributed by atoms with Gasteiger partial charge in [0, 0.05) is 18.6 Å². The average Bonchev–Trinajstić information content (AvgIpc) is 2.85. The molecule has 1 N–H and O–H groups in total. The first-order valence-electron chi connectivity index (χ1n) is 6.26. The Morgan fingerprint density at radius 3 is 2.56 bits per heavy atom. The van der Waals surface area contributed by atoms with Gasteiger partial charge in [0.15, 0.2) is 0 Å². The summed E-state index contributed by atoms with van der Waals surface area (Å²) in [6, 6.07) is 11.5. The molecule has 0 spiro atoms. The van der Waals surface area contributed by atoms with Crippen LogP contribution in [-0.4, -0.2) is 28.7 Å². The number of likely N-dealkylation sites (tertiary alicyclic amines) is 1. The minimum Gasteiger partial charge on any atom is -0.391 e. The van der Waals surface area contributed by atoms with E-state index in [0.29, 0.717) is 18.0 Å². The Hall–Kier alpha value is -0.860. The lowest BCUT2D eigenvalue weighted by molar-refractivity contribution is 0.105. The van der Waals surface area contributed by atoms with E-state index in [1.165, 1.54) is 18.4 Å². The summed E-state index contributed by atoms with van der Waals surface area (Å²) in [4.78, 5) is 2.48. The third-order valence-corrected chi connectivity index (χ3v) is 4.36. The highest BCUT2D eigenvalue weighted by molar-refractivity contribution is 5.19. The Labute approximate surface area is 96.9 Å². The highest BCUT2D eigenvalue weighted by Crippen LogP contribution is 2.42. The van der Waals surface area contributed by atoms with Gasteiger partial charge in [-0.15, -0.1) is 0 Å². The molecule has 86 valence electrons. The third kappa shape index (κ3) is 1.48. The van der Waals surface area contributed by atoms with Crippen LogP contribution in [0.15, 0.2) is 30.3 Å². The van der Waals surface area contributed by atoms with E-state index < -0.39 is 0 Å². The molecular weight excluding hydrogens is 198 g/mol. The topological polar surface area (TPSA) is 23.5 Å². The van der Waals surface area contributed by atoms with Crippen LogP contribution in [0.3, 0.4) is 0 Å². The molecular formula is C14H19NO. The van der Waals surface area contributed by atoms with Crippen molar-refractivity contribution in [3.05, 3.63) is 35.9 Å². The number of aliphatic hydroxyl groups excluding tert-OH is 1. The first-order chi connectivity index (χ1) is 7.77. The lowest BCUT2D eigenvalue weighted by Gasteiger charge is -2.32. The summed E-state index contributed by atoms with van der Waals surface area (Å²) in [6.07, 6.45) is 2.30. The summed E-state index contributed by atoms with van der Waals surface area (Å²) in [5, 5.41) is 10.1. The average molecular weight is 217 g/mol. The van der Waals surface area contributed by atoms with Gasteiger partial charge in [0.2, 0.25) is 0 Å². The number of fused-ring (bicyclic) bond motifs is 2. The van der Waals surface area contributed by atoms with Gasteiger partial charge in [0.1, 0.15) is 0 Å². The molecule has 1 aromatic rings. The zero-order valence-electron chi connectivity index (χ0n) is 9.71. The fraction of sp³-hybridized carbons (Fsp3) is 0.571. The zero-order valence-corrected chi connectivity index (χ0v) is 9.71. The maximum absolute atomic E-state index is 10.1. The van der Waals surface area contributed by atoms with E-state index in [9.17, 15) is 5.11 Å². The van der Waals surface area contributed by atoms with Crippen molar-refractivity contribution in [2.75, 3.05) is 6.54 Å². The van der Waals surface area contributed by atoms with Crippen LogP contribution in [0.5, 0.6) is 0 Å². The van der Waals surface area contributed by atoms with Crippen LogP contribution in [0.1, 0.15) is 31.4 Å². The van der Waals surface area contributed by atoms with Crippen LogP contribution in [-0.2, 0) is 0 Å². The summed E-state index contributed by atoms with van der Waals surface area (Å²) in [6.45, 7) is 3.32. The summed E-state index contributed by atoms with van der Waals surface area (Å²) in [5.74, 6) is 0.524. The summed E-state index contributed by atoms with van der Waals surface area (Å²) in [7, 11) is 0. The lowest BCUT2D eigenvalue weighted by Crippen LogP contribution is -2.36. The molecule has 4 atom stereocenters. The number of benzene rings is 1. The Morgan fingerprint density at radius 2 is 2.00 bits per heavy atom. The fourth-order valence-corrected chi connectivity index (χ4v) is 3.38. The Kier molecular flexibility index (Phi) is 2.49. The smallest absolute Gasteiger partial charge is 0.0735 e. The Balaban J connectivity index is 1.80. The van der Waals surface area contributed by atoms with Crippen molar-refractivity contribution in [3.8, 4) is 0 Å². The van der Waals surface area contributed by atoms with E-state index in [2.05, 4.69) is 42.2 Å². The maximum Gasteiger partial charge on any atom is 0.0735 e. The van der Waals surface area contributed by atoms with Crippen LogP contribution >= 0.6 is 0 Å². The Bertz CT molecular complexity index is 364. The van der Waals surface area contributed by atoms with Gasteiger partial charge in [-0.1, -0.05) is 30.3 Å². The highest BCUT2D eigenvalue weighted by atomic mass is 16.3. The van der Waals surface area contributed by atoms with Crippen molar-refractivity contribution < 1.29 is 5.11 Å². The van der Waals surface area contributed by atoms with E-state index in [1.54, 1.807) is 0 Å². The number of nitrogens with zero attached hydrogens (tertiary/aromatic N) is 1. The number of piperidine rings is 1. The molecule has 3 rings (SSSR count). The monoisotopic (exact) mass is 217 g/mol. The maximum atomic E-state index is 10.1. The Morgan fingerprint density at radius 1 is 1.25 bits per heavy atom. The quantitative estimate of drug-likeness (QED) is 0.821. The van der Waals surface area contributed by atoms with Crippen LogP contribution in [0, 0.1) is 5.92 Å². The molecule has 2 aliphatic rings. The standard InChI is InChI=1S/C14H19NO/c1-10(11-5-3-2-4-6-11)15-9-12-7-8-13(15)14(12)16/h2-6,10,12-14,16H,7-9H2,1H3/t10-,12?,13+,14?/m0/s1. The molecule has 1 aliphatic heterocycles. The zero-order chi connectivity index (χ0) is 11.1. The molecule has 2 heteroatoms. The molecule has 2 bridgehead atoms.